The molecule has 10 heteroatoms. The molecule has 8 nitrogen and oxygen atoms in total. The second-order valence-corrected chi connectivity index (χ2v) is 13.3. The maximum atomic E-state index is 11.8. The van der Waals surface area contributed by atoms with Gasteiger partial charge in [-0.3, -0.25) is 0 Å². The van der Waals surface area contributed by atoms with E-state index >= 15 is 0 Å². The number of hydrogen-bond donors (Lipinski definition) is 1. The summed E-state index contributed by atoms with van der Waals surface area (Å²) < 4.78 is 10.9. The lowest BCUT2D eigenvalue weighted by Crippen LogP contribution is -2.73. The molecule has 1 amide bonds. The second kappa shape index (κ2) is 8.71. The van der Waals surface area contributed by atoms with Crippen LogP contribution in [0.25, 0.3) is 22.2 Å². The zero-order valence-electron chi connectivity index (χ0n) is 21.7. The second-order valence-electron chi connectivity index (χ2n) is 12.1. The van der Waals surface area contributed by atoms with Crippen LogP contribution >= 0.6 is 27.5 Å². The zero-order valence-corrected chi connectivity index (χ0v) is 24.0. The van der Waals surface area contributed by atoms with E-state index in [9.17, 15) is 9.90 Å². The van der Waals surface area contributed by atoms with Crippen molar-refractivity contribution < 1.29 is 14.6 Å². The van der Waals surface area contributed by atoms with Gasteiger partial charge in [-0.15, -0.1) is 0 Å². The standard InChI is InChI=1S/C27H33BrClN5O3/c1-26(2,3)24-27(14-33(24)25(35)36)11-15(12-27)23-31-22(28)21(32(23)4)17-9-16(29)10-19-18(17)13-30-34(19)20-7-5-6-8-37-20/h9-10,13,15,20,24H,5-8,11-12,14H2,1-4H3,(H,35,36). The summed E-state index contributed by atoms with van der Waals surface area (Å²) in [7, 11) is 2.06. The average Bonchev–Trinajstić information content (AvgIpc) is 3.31. The highest BCUT2D eigenvalue weighted by atomic mass is 79.9. The minimum absolute atomic E-state index is 0.0253. The van der Waals surface area contributed by atoms with E-state index in [0.717, 1.165) is 71.3 Å². The molecule has 1 aliphatic carbocycles. The largest absolute Gasteiger partial charge is 0.465 e. The van der Waals surface area contributed by atoms with Gasteiger partial charge in [-0.1, -0.05) is 32.4 Å². The van der Waals surface area contributed by atoms with Crippen LogP contribution in [0.2, 0.25) is 5.02 Å². The molecular weight excluding hydrogens is 558 g/mol. The van der Waals surface area contributed by atoms with E-state index in [0.29, 0.717) is 11.6 Å². The Morgan fingerprint density at radius 3 is 2.68 bits per heavy atom. The molecule has 0 bridgehead atoms. The molecule has 2 unspecified atom stereocenters. The Hall–Kier alpha value is -2.10. The van der Waals surface area contributed by atoms with Gasteiger partial charge in [0, 0.05) is 53.5 Å². The van der Waals surface area contributed by atoms with Crippen LogP contribution < -0.4 is 0 Å². The quantitative estimate of drug-likeness (QED) is 0.362. The molecule has 2 aliphatic heterocycles. The fraction of sp³-hybridized carbons (Fsp3) is 0.593. The fourth-order valence-corrected chi connectivity index (χ4v) is 8.22. The number of amides is 1. The van der Waals surface area contributed by atoms with Gasteiger partial charge in [-0.2, -0.15) is 5.10 Å². The number of ether oxygens (including phenoxy) is 1. The fourth-order valence-electron chi connectivity index (χ4n) is 7.35. The number of carbonyl (C=O) groups is 1. The Bertz CT molecular complexity index is 1380. The van der Waals surface area contributed by atoms with E-state index in [1.165, 1.54) is 0 Å². The van der Waals surface area contributed by atoms with Crippen LogP contribution in [0.4, 0.5) is 4.79 Å². The van der Waals surface area contributed by atoms with Gasteiger partial charge < -0.3 is 19.3 Å². The SMILES string of the molecule is Cn1c(C2CC3(C2)CN(C(=O)O)C3C(C)(C)C)nc(Br)c1-c1cc(Cl)cc2c1cnn2C1CCCCO1. The first-order chi connectivity index (χ1) is 17.5. The third kappa shape index (κ3) is 3.91. The average molecular weight is 591 g/mol. The summed E-state index contributed by atoms with van der Waals surface area (Å²) in [5, 5.41) is 16.0. The van der Waals surface area contributed by atoms with Gasteiger partial charge in [0.1, 0.15) is 10.4 Å². The molecular formula is C27H33BrClN5O3. The van der Waals surface area contributed by atoms with Gasteiger partial charge in [-0.25, -0.2) is 14.5 Å². The molecule has 0 radical (unpaired) electrons. The van der Waals surface area contributed by atoms with Crippen LogP contribution in [0.5, 0.6) is 0 Å². The van der Waals surface area contributed by atoms with Crippen molar-refractivity contribution in [3.8, 4) is 11.3 Å². The van der Waals surface area contributed by atoms with Crippen molar-refractivity contribution in [3.05, 3.63) is 33.8 Å². The summed E-state index contributed by atoms with van der Waals surface area (Å²) in [5.41, 5.74) is 2.84. The van der Waals surface area contributed by atoms with Crippen molar-refractivity contribution >= 4 is 44.5 Å². The number of nitrogens with zero attached hydrogens (tertiary/aromatic N) is 5. The summed E-state index contributed by atoms with van der Waals surface area (Å²) >= 11 is 10.4. The lowest BCUT2D eigenvalue weighted by molar-refractivity contribution is -0.159. The minimum atomic E-state index is -0.819. The van der Waals surface area contributed by atoms with Crippen LogP contribution in [0.1, 0.15) is 70.8 Å². The van der Waals surface area contributed by atoms with Crippen molar-refractivity contribution in [2.24, 2.45) is 17.9 Å². The third-order valence-electron chi connectivity index (χ3n) is 8.57. The van der Waals surface area contributed by atoms with Crippen molar-refractivity contribution in [2.45, 2.75) is 71.1 Å². The van der Waals surface area contributed by atoms with E-state index in [4.69, 9.17) is 26.4 Å². The van der Waals surface area contributed by atoms with Gasteiger partial charge in [0.05, 0.1) is 17.4 Å². The molecule has 2 atom stereocenters. The Kier molecular flexibility index (Phi) is 5.93. The van der Waals surface area contributed by atoms with Crippen LogP contribution in [0.15, 0.2) is 22.9 Å². The maximum absolute atomic E-state index is 11.8. The molecule has 37 heavy (non-hydrogen) atoms. The number of halogens is 2. The summed E-state index contributed by atoms with van der Waals surface area (Å²) in [6.07, 6.45) is 6.04. The summed E-state index contributed by atoms with van der Waals surface area (Å²) in [4.78, 5) is 18.4. The molecule has 1 aromatic carbocycles. The highest BCUT2D eigenvalue weighted by molar-refractivity contribution is 9.10. The Balaban J connectivity index is 1.33. The first kappa shape index (κ1) is 25.2. The molecule has 3 aliphatic rings. The molecule has 2 saturated heterocycles. The van der Waals surface area contributed by atoms with Gasteiger partial charge in [-0.05, 0) is 65.6 Å². The monoisotopic (exact) mass is 589 g/mol. The van der Waals surface area contributed by atoms with Crippen molar-refractivity contribution in [3.63, 3.8) is 0 Å². The van der Waals surface area contributed by atoms with Crippen LogP contribution in [-0.4, -0.2) is 54.6 Å². The summed E-state index contributed by atoms with van der Waals surface area (Å²) in [6.45, 7) is 7.77. The van der Waals surface area contributed by atoms with Gasteiger partial charge >= 0.3 is 6.09 Å². The highest BCUT2D eigenvalue weighted by Crippen LogP contribution is 2.63. The molecule has 3 aromatic rings. The first-order valence-electron chi connectivity index (χ1n) is 13.0. The lowest BCUT2D eigenvalue weighted by atomic mass is 9.48. The van der Waals surface area contributed by atoms with Crippen molar-refractivity contribution in [2.75, 3.05) is 13.2 Å². The number of fused-ring (bicyclic) bond motifs is 1. The van der Waals surface area contributed by atoms with Gasteiger partial charge in [0.15, 0.2) is 6.23 Å². The number of imidazole rings is 1. The molecule has 3 fully saturated rings. The maximum Gasteiger partial charge on any atom is 0.407 e. The molecule has 6 rings (SSSR count). The highest BCUT2D eigenvalue weighted by Gasteiger charge is 2.64. The number of likely N-dealkylation sites (tertiary alicyclic amines) is 1. The number of rotatable bonds is 3. The van der Waals surface area contributed by atoms with E-state index in [1.54, 1.807) is 4.90 Å². The van der Waals surface area contributed by atoms with E-state index in [1.807, 2.05) is 23.0 Å². The van der Waals surface area contributed by atoms with E-state index in [2.05, 4.69) is 48.3 Å². The Morgan fingerprint density at radius 2 is 2.03 bits per heavy atom. The van der Waals surface area contributed by atoms with Crippen molar-refractivity contribution in [1.29, 1.82) is 0 Å². The summed E-state index contributed by atoms with van der Waals surface area (Å²) in [5.74, 6) is 1.30. The van der Waals surface area contributed by atoms with Gasteiger partial charge in [0.25, 0.3) is 0 Å². The van der Waals surface area contributed by atoms with E-state index in [-0.39, 0.29) is 29.0 Å². The molecule has 198 valence electrons. The predicted octanol–water partition coefficient (Wildman–Crippen LogP) is 6.82. The third-order valence-corrected chi connectivity index (χ3v) is 9.34. The molecule has 1 saturated carbocycles. The normalized spacial score (nSPS) is 27.9. The number of aromatic nitrogens is 4. The Morgan fingerprint density at radius 1 is 1.27 bits per heavy atom. The van der Waals surface area contributed by atoms with Crippen LogP contribution in [-0.2, 0) is 11.8 Å². The smallest absolute Gasteiger partial charge is 0.407 e. The molecule has 4 heterocycles. The number of hydrogen-bond acceptors (Lipinski definition) is 4. The lowest BCUT2D eigenvalue weighted by Gasteiger charge is -2.67. The van der Waals surface area contributed by atoms with E-state index < -0.39 is 6.09 Å². The molecule has 1 N–H and O–H groups in total. The summed E-state index contributed by atoms with van der Waals surface area (Å²) in [6, 6.07) is 3.97. The molecule has 1 spiro atoms. The first-order valence-corrected chi connectivity index (χ1v) is 14.2. The molecule has 2 aromatic heterocycles. The van der Waals surface area contributed by atoms with Gasteiger partial charge in [0.2, 0.25) is 0 Å². The van der Waals surface area contributed by atoms with Crippen LogP contribution in [0.3, 0.4) is 0 Å². The number of carboxylic acid groups (broad SMARTS) is 1. The number of benzene rings is 1. The van der Waals surface area contributed by atoms with Crippen LogP contribution in [0, 0.1) is 10.8 Å². The predicted molar refractivity (Wildman–Crippen MR) is 146 cm³/mol. The van der Waals surface area contributed by atoms with Crippen molar-refractivity contribution in [1.82, 2.24) is 24.2 Å². The minimum Gasteiger partial charge on any atom is -0.465 e. The zero-order chi connectivity index (χ0) is 26.3. The topological polar surface area (TPSA) is 85.4 Å². The Labute approximate surface area is 230 Å².